The Hall–Kier alpha value is -1.48. The summed E-state index contributed by atoms with van der Waals surface area (Å²) in [5.41, 5.74) is 1.71. The Morgan fingerprint density at radius 1 is 1.17 bits per heavy atom. The first-order valence-electron chi connectivity index (χ1n) is 8.76. The molecule has 2 atom stereocenters. The zero-order chi connectivity index (χ0) is 17.2. The third kappa shape index (κ3) is 7.08. The van der Waals surface area contributed by atoms with Gasteiger partial charge in [0.25, 0.3) is 0 Å². The summed E-state index contributed by atoms with van der Waals surface area (Å²) in [6.45, 7) is 8.49. The number of allylic oxidation sites excluding steroid dienone is 1. The molecule has 0 aliphatic carbocycles. The summed E-state index contributed by atoms with van der Waals surface area (Å²) in [5.74, 6) is 1.70. The molecular formula is C20H32O3. The van der Waals surface area contributed by atoms with Gasteiger partial charge in [-0.25, -0.2) is 0 Å². The molecule has 0 aliphatic rings. The molecule has 0 spiro atoms. The van der Waals surface area contributed by atoms with Gasteiger partial charge >= 0.3 is 0 Å². The van der Waals surface area contributed by atoms with Crippen LogP contribution in [0.1, 0.15) is 58.9 Å². The number of hydrogen-bond acceptors (Lipinski definition) is 3. The highest BCUT2D eigenvalue weighted by Gasteiger charge is 2.11. The van der Waals surface area contributed by atoms with Gasteiger partial charge in [0.1, 0.15) is 5.75 Å². The summed E-state index contributed by atoms with van der Waals surface area (Å²) < 4.78 is 5.90. The minimum Gasteiger partial charge on any atom is -0.513 e. The van der Waals surface area contributed by atoms with Crippen molar-refractivity contribution in [2.75, 3.05) is 6.61 Å². The van der Waals surface area contributed by atoms with Crippen molar-refractivity contribution in [3.8, 4) is 5.75 Å². The fraction of sp³-hybridized carbons (Fsp3) is 0.600. The van der Waals surface area contributed by atoms with Crippen LogP contribution in [0.15, 0.2) is 35.6 Å². The second kappa shape index (κ2) is 10.3. The summed E-state index contributed by atoms with van der Waals surface area (Å²) in [6.07, 6.45) is 4.78. The summed E-state index contributed by atoms with van der Waals surface area (Å²) in [4.78, 5) is 0. The topological polar surface area (TPSA) is 49.7 Å². The molecule has 0 aliphatic heterocycles. The van der Waals surface area contributed by atoms with Gasteiger partial charge in [-0.3, -0.25) is 0 Å². The predicted octanol–water partition coefficient (Wildman–Crippen LogP) is 5.04. The van der Waals surface area contributed by atoms with E-state index in [1.165, 1.54) is 19.3 Å². The van der Waals surface area contributed by atoms with E-state index >= 15 is 0 Å². The van der Waals surface area contributed by atoms with Gasteiger partial charge < -0.3 is 14.9 Å². The van der Waals surface area contributed by atoms with Crippen molar-refractivity contribution in [3.63, 3.8) is 0 Å². The molecule has 0 heterocycles. The van der Waals surface area contributed by atoms with E-state index in [-0.39, 0.29) is 5.76 Å². The number of unbranched alkanes of at least 4 members (excludes halogenated alkanes) is 1. The van der Waals surface area contributed by atoms with Crippen LogP contribution in [0.5, 0.6) is 5.75 Å². The van der Waals surface area contributed by atoms with Crippen LogP contribution in [0.2, 0.25) is 0 Å². The number of benzene rings is 1. The fourth-order valence-electron chi connectivity index (χ4n) is 2.61. The molecule has 0 saturated heterocycles. The largest absolute Gasteiger partial charge is 0.513 e. The first-order valence-corrected chi connectivity index (χ1v) is 8.76. The van der Waals surface area contributed by atoms with Crippen LogP contribution in [0.3, 0.4) is 0 Å². The molecule has 0 radical (unpaired) electrons. The van der Waals surface area contributed by atoms with Crippen molar-refractivity contribution >= 4 is 0 Å². The molecule has 2 unspecified atom stereocenters. The van der Waals surface area contributed by atoms with E-state index in [9.17, 15) is 10.2 Å². The Kier molecular flexibility index (Phi) is 8.78. The standard InChI is InChI=1S/C20H32O3/c1-5-7-8-17(6-2)14-23-19-11-9-18(10-12-19)13-20(15(3)21)16(4)22/h9-12,15,17,21-22H,5-8,13-14H2,1-4H3/b20-16-. The number of ether oxygens (including phenoxy) is 1. The van der Waals surface area contributed by atoms with Crippen LogP contribution in [0.4, 0.5) is 0 Å². The molecule has 3 nitrogen and oxygen atoms in total. The van der Waals surface area contributed by atoms with Crippen LogP contribution < -0.4 is 4.74 Å². The lowest BCUT2D eigenvalue weighted by Crippen LogP contribution is -2.11. The molecule has 0 fully saturated rings. The van der Waals surface area contributed by atoms with Crippen molar-refractivity contribution < 1.29 is 14.9 Å². The highest BCUT2D eigenvalue weighted by molar-refractivity contribution is 5.31. The third-order valence-electron chi connectivity index (χ3n) is 4.32. The van der Waals surface area contributed by atoms with Gasteiger partial charge in [-0.1, -0.05) is 45.2 Å². The monoisotopic (exact) mass is 320 g/mol. The molecule has 1 rings (SSSR count). The molecular weight excluding hydrogens is 288 g/mol. The number of aliphatic hydroxyl groups excluding tert-OH is 2. The van der Waals surface area contributed by atoms with E-state index in [4.69, 9.17) is 4.74 Å². The van der Waals surface area contributed by atoms with Crippen LogP contribution in [-0.4, -0.2) is 22.9 Å². The quantitative estimate of drug-likeness (QED) is 0.594. The molecule has 0 saturated carbocycles. The summed E-state index contributed by atoms with van der Waals surface area (Å²) in [5, 5.41) is 19.3. The van der Waals surface area contributed by atoms with Gasteiger partial charge in [0.2, 0.25) is 0 Å². The van der Waals surface area contributed by atoms with E-state index in [0.717, 1.165) is 24.3 Å². The second-order valence-corrected chi connectivity index (χ2v) is 6.33. The summed E-state index contributed by atoms with van der Waals surface area (Å²) in [6, 6.07) is 7.92. The van der Waals surface area contributed by atoms with Gasteiger partial charge in [-0.2, -0.15) is 0 Å². The van der Waals surface area contributed by atoms with E-state index in [0.29, 0.717) is 17.9 Å². The first kappa shape index (κ1) is 19.6. The predicted molar refractivity (Wildman–Crippen MR) is 96.0 cm³/mol. The first-order chi connectivity index (χ1) is 11.0. The van der Waals surface area contributed by atoms with Gasteiger partial charge in [0.15, 0.2) is 0 Å². The minimum atomic E-state index is -0.639. The molecule has 1 aromatic carbocycles. The van der Waals surface area contributed by atoms with Gasteiger partial charge in [-0.05, 0) is 55.9 Å². The molecule has 23 heavy (non-hydrogen) atoms. The molecule has 0 amide bonds. The molecule has 3 heteroatoms. The summed E-state index contributed by atoms with van der Waals surface area (Å²) >= 11 is 0. The molecule has 130 valence electrons. The SMILES string of the molecule is CCCCC(CC)COc1ccc(C/C(=C(\C)O)C(C)O)cc1. The maximum absolute atomic E-state index is 9.70. The highest BCUT2D eigenvalue weighted by Crippen LogP contribution is 2.20. The van der Waals surface area contributed by atoms with Crippen LogP contribution >= 0.6 is 0 Å². The maximum Gasteiger partial charge on any atom is 0.119 e. The maximum atomic E-state index is 9.70. The Balaban J connectivity index is 2.58. The molecule has 1 aromatic rings. The van der Waals surface area contributed by atoms with Crippen molar-refractivity contribution in [2.24, 2.45) is 5.92 Å². The van der Waals surface area contributed by atoms with Crippen LogP contribution in [0.25, 0.3) is 0 Å². The van der Waals surface area contributed by atoms with Crippen molar-refractivity contribution in [3.05, 3.63) is 41.2 Å². The average molecular weight is 320 g/mol. The number of hydrogen-bond donors (Lipinski definition) is 2. The Morgan fingerprint density at radius 2 is 1.83 bits per heavy atom. The van der Waals surface area contributed by atoms with Crippen molar-refractivity contribution in [1.29, 1.82) is 0 Å². The molecule has 0 aromatic heterocycles. The van der Waals surface area contributed by atoms with Gasteiger partial charge in [0, 0.05) is 0 Å². The van der Waals surface area contributed by atoms with E-state index in [1.807, 2.05) is 24.3 Å². The van der Waals surface area contributed by atoms with Gasteiger partial charge in [-0.15, -0.1) is 0 Å². The van der Waals surface area contributed by atoms with E-state index in [1.54, 1.807) is 13.8 Å². The lowest BCUT2D eigenvalue weighted by molar-refractivity contribution is 0.219. The highest BCUT2D eigenvalue weighted by atomic mass is 16.5. The Labute approximate surface area is 141 Å². The van der Waals surface area contributed by atoms with Gasteiger partial charge in [0.05, 0.1) is 18.5 Å². The van der Waals surface area contributed by atoms with E-state index in [2.05, 4.69) is 13.8 Å². The number of aliphatic hydroxyl groups is 2. The summed E-state index contributed by atoms with van der Waals surface area (Å²) in [7, 11) is 0. The lowest BCUT2D eigenvalue weighted by Gasteiger charge is -2.16. The van der Waals surface area contributed by atoms with Crippen molar-refractivity contribution in [2.45, 2.75) is 65.9 Å². The zero-order valence-corrected chi connectivity index (χ0v) is 15.0. The van der Waals surface area contributed by atoms with Crippen LogP contribution in [0, 0.1) is 5.92 Å². The lowest BCUT2D eigenvalue weighted by atomic mass is 10.00. The average Bonchev–Trinajstić information content (AvgIpc) is 2.53. The van der Waals surface area contributed by atoms with Crippen molar-refractivity contribution in [1.82, 2.24) is 0 Å². The minimum absolute atomic E-state index is 0.196. The van der Waals surface area contributed by atoms with Crippen LogP contribution in [-0.2, 0) is 6.42 Å². The molecule has 0 bridgehead atoms. The second-order valence-electron chi connectivity index (χ2n) is 6.33. The van der Waals surface area contributed by atoms with E-state index < -0.39 is 6.10 Å². The third-order valence-corrected chi connectivity index (χ3v) is 4.32. The Morgan fingerprint density at radius 3 is 2.30 bits per heavy atom. The Bertz CT molecular complexity index is 470. The fourth-order valence-corrected chi connectivity index (χ4v) is 2.61. The normalized spacial score (nSPS) is 15.0. The zero-order valence-electron chi connectivity index (χ0n) is 15.0. The molecule has 2 N–H and O–H groups in total. The number of rotatable bonds is 10. The smallest absolute Gasteiger partial charge is 0.119 e.